The maximum absolute atomic E-state index is 5.34. The van der Waals surface area contributed by atoms with Gasteiger partial charge in [0.2, 0.25) is 0 Å². The fraction of sp³-hybridized carbons (Fsp3) is 0.333. The Bertz CT molecular complexity index is 594. The molecule has 2 heteroatoms. The second-order valence-corrected chi connectivity index (χ2v) is 5.33. The summed E-state index contributed by atoms with van der Waals surface area (Å²) in [7, 11) is 3.68. The van der Waals surface area contributed by atoms with Gasteiger partial charge in [0.1, 0.15) is 5.75 Å². The molecule has 0 atom stereocenters. The zero-order valence-corrected chi connectivity index (χ0v) is 13.0. The summed E-state index contributed by atoms with van der Waals surface area (Å²) in [6.07, 6.45) is 0. The van der Waals surface area contributed by atoms with Crippen molar-refractivity contribution in [1.82, 2.24) is 5.32 Å². The van der Waals surface area contributed by atoms with Gasteiger partial charge in [-0.2, -0.15) is 0 Å². The normalized spacial score (nSPS) is 10.7. The summed E-state index contributed by atoms with van der Waals surface area (Å²) in [6, 6.07) is 10.8. The topological polar surface area (TPSA) is 21.3 Å². The first-order valence-electron chi connectivity index (χ1n) is 6.96. The number of aryl methyl sites for hydroxylation is 3. The van der Waals surface area contributed by atoms with Crippen LogP contribution >= 0.6 is 0 Å². The van der Waals surface area contributed by atoms with Crippen LogP contribution in [0, 0.1) is 20.8 Å². The van der Waals surface area contributed by atoms with Gasteiger partial charge < -0.3 is 10.1 Å². The highest BCUT2D eigenvalue weighted by Crippen LogP contribution is 2.33. The molecule has 106 valence electrons. The molecule has 0 unspecified atom stereocenters. The van der Waals surface area contributed by atoms with E-state index in [1.807, 2.05) is 13.1 Å². The summed E-state index contributed by atoms with van der Waals surface area (Å²) >= 11 is 0. The van der Waals surface area contributed by atoms with Crippen molar-refractivity contribution in [3.63, 3.8) is 0 Å². The maximum atomic E-state index is 5.34. The van der Waals surface area contributed by atoms with Gasteiger partial charge in [-0.3, -0.25) is 0 Å². The molecule has 0 fully saturated rings. The van der Waals surface area contributed by atoms with E-state index in [0.29, 0.717) is 0 Å². The van der Waals surface area contributed by atoms with Crippen molar-refractivity contribution < 1.29 is 4.74 Å². The van der Waals surface area contributed by atoms with Gasteiger partial charge in [-0.1, -0.05) is 23.8 Å². The molecule has 0 aliphatic heterocycles. The summed E-state index contributed by atoms with van der Waals surface area (Å²) in [5, 5.41) is 3.24. The van der Waals surface area contributed by atoms with Crippen molar-refractivity contribution in [2.24, 2.45) is 0 Å². The third-order valence-corrected chi connectivity index (χ3v) is 3.63. The van der Waals surface area contributed by atoms with Crippen LogP contribution in [-0.2, 0) is 6.54 Å². The van der Waals surface area contributed by atoms with Crippen LogP contribution in [0.5, 0.6) is 5.75 Å². The van der Waals surface area contributed by atoms with E-state index in [1.54, 1.807) is 7.11 Å². The Morgan fingerprint density at radius 1 is 1.00 bits per heavy atom. The van der Waals surface area contributed by atoms with Crippen molar-refractivity contribution in [2.45, 2.75) is 27.3 Å². The number of benzene rings is 2. The SMILES string of the molecule is CNCc1cc(OC)ccc1-c1c(C)cc(C)cc1C. The second-order valence-electron chi connectivity index (χ2n) is 5.33. The monoisotopic (exact) mass is 269 g/mol. The van der Waals surface area contributed by atoms with E-state index in [2.05, 4.69) is 50.4 Å². The Morgan fingerprint density at radius 3 is 2.20 bits per heavy atom. The first-order valence-corrected chi connectivity index (χ1v) is 6.96. The molecule has 0 aliphatic carbocycles. The number of ether oxygens (including phenoxy) is 1. The Hall–Kier alpha value is -1.80. The minimum absolute atomic E-state index is 0.833. The standard InChI is InChI=1S/C18H23NO/c1-12-8-13(2)18(14(3)9-12)17-7-6-16(20-5)10-15(17)11-19-4/h6-10,19H,11H2,1-5H3. The van der Waals surface area contributed by atoms with Crippen LogP contribution < -0.4 is 10.1 Å². The van der Waals surface area contributed by atoms with Crippen LogP contribution in [0.4, 0.5) is 0 Å². The van der Waals surface area contributed by atoms with Gasteiger partial charge in [0.25, 0.3) is 0 Å². The molecule has 2 rings (SSSR count). The molecule has 0 aromatic heterocycles. The fourth-order valence-electron chi connectivity index (χ4n) is 2.88. The first-order chi connectivity index (χ1) is 9.56. The lowest BCUT2D eigenvalue weighted by molar-refractivity contribution is 0.414. The summed E-state index contributed by atoms with van der Waals surface area (Å²) in [6.45, 7) is 7.34. The molecule has 2 aromatic carbocycles. The van der Waals surface area contributed by atoms with Crippen LogP contribution in [0.15, 0.2) is 30.3 Å². The summed E-state index contributed by atoms with van der Waals surface area (Å²) in [4.78, 5) is 0. The quantitative estimate of drug-likeness (QED) is 0.905. The number of hydrogen-bond donors (Lipinski definition) is 1. The third kappa shape index (κ3) is 2.86. The highest BCUT2D eigenvalue weighted by atomic mass is 16.5. The van der Waals surface area contributed by atoms with Gasteiger partial charge in [-0.15, -0.1) is 0 Å². The van der Waals surface area contributed by atoms with Gasteiger partial charge in [0.05, 0.1) is 7.11 Å². The molecule has 0 aliphatic rings. The molecule has 0 heterocycles. The van der Waals surface area contributed by atoms with Crippen LogP contribution in [0.1, 0.15) is 22.3 Å². The summed E-state index contributed by atoms with van der Waals surface area (Å²) in [5.41, 5.74) is 7.85. The highest BCUT2D eigenvalue weighted by Gasteiger charge is 2.11. The summed E-state index contributed by atoms with van der Waals surface area (Å²) < 4.78 is 5.34. The molecule has 20 heavy (non-hydrogen) atoms. The smallest absolute Gasteiger partial charge is 0.119 e. The fourth-order valence-corrected chi connectivity index (χ4v) is 2.88. The lowest BCUT2D eigenvalue weighted by Gasteiger charge is -2.16. The lowest BCUT2D eigenvalue weighted by Crippen LogP contribution is -2.07. The lowest BCUT2D eigenvalue weighted by atomic mass is 9.90. The Labute approximate surface area is 121 Å². The van der Waals surface area contributed by atoms with E-state index in [9.17, 15) is 0 Å². The molecule has 0 saturated carbocycles. The van der Waals surface area contributed by atoms with Crippen LogP contribution in [-0.4, -0.2) is 14.2 Å². The molecule has 0 amide bonds. The number of rotatable bonds is 4. The molecule has 2 aromatic rings. The molecule has 0 bridgehead atoms. The van der Waals surface area contributed by atoms with Crippen molar-refractivity contribution in [2.75, 3.05) is 14.2 Å². The summed E-state index contributed by atoms with van der Waals surface area (Å²) in [5.74, 6) is 0.904. The third-order valence-electron chi connectivity index (χ3n) is 3.63. The predicted octanol–water partition coefficient (Wildman–Crippen LogP) is 4.01. The van der Waals surface area contributed by atoms with Crippen molar-refractivity contribution in [3.8, 4) is 16.9 Å². The van der Waals surface area contributed by atoms with Crippen LogP contribution in [0.2, 0.25) is 0 Å². The van der Waals surface area contributed by atoms with Crippen molar-refractivity contribution >= 4 is 0 Å². The largest absolute Gasteiger partial charge is 0.497 e. The van der Waals surface area contributed by atoms with E-state index in [1.165, 1.54) is 33.4 Å². The zero-order chi connectivity index (χ0) is 14.7. The van der Waals surface area contributed by atoms with Gasteiger partial charge in [-0.05, 0) is 67.8 Å². The van der Waals surface area contributed by atoms with E-state index in [-0.39, 0.29) is 0 Å². The Morgan fingerprint density at radius 2 is 1.65 bits per heavy atom. The van der Waals surface area contributed by atoms with Crippen LogP contribution in [0.25, 0.3) is 11.1 Å². The molecule has 2 nitrogen and oxygen atoms in total. The first kappa shape index (κ1) is 14.6. The Balaban J connectivity index is 2.63. The van der Waals surface area contributed by atoms with E-state index < -0.39 is 0 Å². The van der Waals surface area contributed by atoms with Gasteiger partial charge in [-0.25, -0.2) is 0 Å². The highest BCUT2D eigenvalue weighted by molar-refractivity contribution is 5.75. The molecule has 0 radical (unpaired) electrons. The van der Waals surface area contributed by atoms with E-state index in [4.69, 9.17) is 4.74 Å². The molecule has 1 N–H and O–H groups in total. The molecular weight excluding hydrogens is 246 g/mol. The second kappa shape index (κ2) is 6.10. The zero-order valence-electron chi connectivity index (χ0n) is 13.0. The predicted molar refractivity (Wildman–Crippen MR) is 85.4 cm³/mol. The molecule has 0 saturated heterocycles. The number of nitrogens with one attached hydrogen (secondary N) is 1. The van der Waals surface area contributed by atoms with Crippen LogP contribution in [0.3, 0.4) is 0 Å². The molecular formula is C18H23NO. The minimum atomic E-state index is 0.833. The van der Waals surface area contributed by atoms with Crippen molar-refractivity contribution in [3.05, 3.63) is 52.6 Å². The number of hydrogen-bond acceptors (Lipinski definition) is 2. The Kier molecular flexibility index (Phi) is 4.46. The van der Waals surface area contributed by atoms with Gasteiger partial charge in [0.15, 0.2) is 0 Å². The molecule has 0 spiro atoms. The van der Waals surface area contributed by atoms with Gasteiger partial charge >= 0.3 is 0 Å². The van der Waals surface area contributed by atoms with E-state index >= 15 is 0 Å². The van der Waals surface area contributed by atoms with Crippen molar-refractivity contribution in [1.29, 1.82) is 0 Å². The average molecular weight is 269 g/mol. The average Bonchev–Trinajstić information content (AvgIpc) is 2.39. The number of methoxy groups -OCH3 is 1. The van der Waals surface area contributed by atoms with E-state index in [0.717, 1.165) is 12.3 Å². The maximum Gasteiger partial charge on any atom is 0.119 e. The minimum Gasteiger partial charge on any atom is -0.497 e. The van der Waals surface area contributed by atoms with Gasteiger partial charge in [0, 0.05) is 6.54 Å².